The maximum Gasteiger partial charge on any atom is 0.326 e. The van der Waals surface area contributed by atoms with Crippen LogP contribution >= 0.6 is 0 Å². The molecule has 8 nitrogen and oxygen atoms in total. The van der Waals surface area contributed by atoms with Crippen molar-refractivity contribution in [1.82, 2.24) is 9.88 Å². The number of nitrogens with one attached hydrogen (secondary N) is 1. The minimum atomic E-state index is -0.936. The van der Waals surface area contributed by atoms with Crippen molar-refractivity contribution < 1.29 is 23.8 Å². The van der Waals surface area contributed by atoms with E-state index in [9.17, 15) is 14.7 Å². The van der Waals surface area contributed by atoms with E-state index in [1.54, 1.807) is 30.2 Å². The molecule has 1 aromatic carbocycles. The highest BCUT2D eigenvalue weighted by Crippen LogP contribution is 2.61. The Kier molecular flexibility index (Phi) is 5.14. The summed E-state index contributed by atoms with van der Waals surface area (Å²) in [6.45, 7) is 8.47. The lowest BCUT2D eigenvalue weighted by Crippen LogP contribution is -2.52. The van der Waals surface area contributed by atoms with Crippen molar-refractivity contribution in [1.29, 1.82) is 0 Å². The average molecular weight is 430 g/mol. The quantitative estimate of drug-likeness (QED) is 0.720. The number of carbonyl (C=O) groups excluding carboxylic acids is 1. The molecule has 2 fully saturated rings. The largest absolute Gasteiger partial charge is 0.497 e. The van der Waals surface area contributed by atoms with E-state index in [0.29, 0.717) is 35.7 Å². The van der Waals surface area contributed by atoms with E-state index in [1.165, 1.54) is 0 Å². The first-order valence-corrected chi connectivity index (χ1v) is 10.8. The summed E-state index contributed by atoms with van der Waals surface area (Å²) in [6, 6.07) is 4.07. The lowest BCUT2D eigenvalue weighted by molar-refractivity contribution is -0.149. The lowest BCUT2D eigenvalue weighted by Gasteiger charge is -2.34. The molecule has 1 saturated heterocycles. The molecule has 1 aliphatic carbocycles. The van der Waals surface area contributed by atoms with E-state index >= 15 is 0 Å². The van der Waals surface area contributed by atoms with Crippen molar-refractivity contribution in [3.05, 3.63) is 18.2 Å². The Hall–Kier alpha value is -2.77. The zero-order valence-corrected chi connectivity index (χ0v) is 18.8. The van der Waals surface area contributed by atoms with Gasteiger partial charge in [-0.05, 0) is 41.7 Å². The maximum absolute atomic E-state index is 13.6. The van der Waals surface area contributed by atoms with Gasteiger partial charge in [0.1, 0.15) is 23.3 Å². The summed E-state index contributed by atoms with van der Waals surface area (Å²) < 4.78 is 11.0. The van der Waals surface area contributed by atoms with E-state index < -0.39 is 23.5 Å². The molecule has 168 valence electrons. The second-order valence-corrected chi connectivity index (χ2v) is 9.99. The molecular weight excluding hydrogens is 398 g/mol. The number of likely N-dealkylation sites (tertiary alicyclic amines) is 1. The molecular formula is C23H31N3O5. The fourth-order valence-electron chi connectivity index (χ4n) is 4.95. The number of hydrogen-bond acceptors (Lipinski definition) is 6. The molecule has 0 radical (unpaired) electrons. The number of hydrogen-bond donors (Lipinski definition) is 2. The highest BCUT2D eigenvalue weighted by Gasteiger charge is 2.62. The summed E-state index contributed by atoms with van der Waals surface area (Å²) in [6.07, 6.45) is 2.55. The fraction of sp³-hybridized carbons (Fsp3) is 0.609. The minimum absolute atomic E-state index is 0.0376. The number of fused-ring (bicyclic) bond motifs is 1. The smallest absolute Gasteiger partial charge is 0.326 e. The number of oxazole rings is 1. The number of amides is 1. The number of anilines is 1. The van der Waals surface area contributed by atoms with Gasteiger partial charge in [0.05, 0.1) is 7.11 Å². The highest BCUT2D eigenvalue weighted by atomic mass is 16.5. The van der Waals surface area contributed by atoms with Gasteiger partial charge < -0.3 is 24.5 Å². The molecule has 31 heavy (non-hydrogen) atoms. The molecule has 1 aromatic heterocycles. The lowest BCUT2D eigenvalue weighted by atomic mass is 9.85. The number of aromatic nitrogens is 1. The third-order valence-corrected chi connectivity index (χ3v) is 6.86. The SMILES string of the molecule is CC[C@H]1C[C@]12C[C@@H](C(=O)O)N(C(=O)[C@@H](Nc1nc3cc(OC)ccc3o1)C(C)(C)C)C2. The number of methoxy groups -OCH3 is 1. The first-order chi connectivity index (χ1) is 14.6. The van der Waals surface area contributed by atoms with Gasteiger partial charge in [-0.25, -0.2) is 4.79 Å². The van der Waals surface area contributed by atoms with Crippen LogP contribution in [0.2, 0.25) is 0 Å². The maximum atomic E-state index is 13.6. The van der Waals surface area contributed by atoms with Crippen molar-refractivity contribution in [2.45, 2.75) is 59.0 Å². The molecule has 0 bridgehead atoms. The van der Waals surface area contributed by atoms with Gasteiger partial charge in [-0.1, -0.05) is 34.1 Å². The van der Waals surface area contributed by atoms with Crippen LogP contribution in [-0.2, 0) is 9.59 Å². The Labute approximate surface area is 181 Å². The number of benzene rings is 1. The van der Waals surface area contributed by atoms with Gasteiger partial charge in [-0.3, -0.25) is 4.79 Å². The van der Waals surface area contributed by atoms with Gasteiger partial charge in [0.2, 0.25) is 5.91 Å². The number of nitrogens with zero attached hydrogens (tertiary/aromatic N) is 2. The van der Waals surface area contributed by atoms with Crippen LogP contribution < -0.4 is 10.1 Å². The summed E-state index contributed by atoms with van der Waals surface area (Å²) in [4.78, 5) is 31.6. The van der Waals surface area contributed by atoms with Crippen LogP contribution in [-0.4, -0.2) is 52.6 Å². The third-order valence-electron chi connectivity index (χ3n) is 6.86. The summed E-state index contributed by atoms with van der Waals surface area (Å²) in [7, 11) is 1.58. The van der Waals surface area contributed by atoms with Crippen molar-refractivity contribution in [3.8, 4) is 5.75 Å². The number of carbonyl (C=O) groups is 2. The van der Waals surface area contributed by atoms with E-state index in [2.05, 4.69) is 17.2 Å². The molecule has 2 aliphatic rings. The van der Waals surface area contributed by atoms with Gasteiger partial charge in [-0.2, -0.15) is 4.98 Å². The topological polar surface area (TPSA) is 105 Å². The van der Waals surface area contributed by atoms with Crippen molar-refractivity contribution in [2.75, 3.05) is 19.0 Å². The zero-order chi connectivity index (χ0) is 22.6. The van der Waals surface area contributed by atoms with Crippen LogP contribution in [0.1, 0.15) is 47.0 Å². The molecule has 2 N–H and O–H groups in total. The van der Waals surface area contributed by atoms with Gasteiger partial charge in [0.15, 0.2) is 5.58 Å². The van der Waals surface area contributed by atoms with Gasteiger partial charge in [0, 0.05) is 12.6 Å². The molecule has 1 saturated carbocycles. The normalized spacial score (nSPS) is 26.3. The Morgan fingerprint density at radius 2 is 2.13 bits per heavy atom. The standard InChI is InChI=1S/C23H31N3O5/c1-6-13-10-23(13)11-16(20(28)29)26(12-23)19(27)18(22(2,3)4)25-21-24-15-9-14(30-5)7-8-17(15)31-21/h7-9,13,16,18H,6,10-12H2,1-5H3,(H,24,25)(H,28,29)/t13-,16-,18+,23+/m0/s1. The summed E-state index contributed by atoms with van der Waals surface area (Å²) in [5, 5.41) is 13.0. The zero-order valence-electron chi connectivity index (χ0n) is 18.8. The van der Waals surface area contributed by atoms with Crippen LogP contribution in [0, 0.1) is 16.7 Å². The number of carboxylic acid groups (broad SMARTS) is 1. The molecule has 8 heteroatoms. The van der Waals surface area contributed by atoms with E-state index in [0.717, 1.165) is 12.8 Å². The predicted octanol–water partition coefficient (Wildman–Crippen LogP) is 3.76. The predicted molar refractivity (Wildman–Crippen MR) is 116 cm³/mol. The summed E-state index contributed by atoms with van der Waals surface area (Å²) in [5.41, 5.74) is 0.677. The molecule has 1 aliphatic heterocycles. The van der Waals surface area contributed by atoms with E-state index in [-0.39, 0.29) is 17.3 Å². The van der Waals surface area contributed by atoms with Crippen molar-refractivity contribution in [2.24, 2.45) is 16.7 Å². The molecule has 0 unspecified atom stereocenters. The Morgan fingerprint density at radius 1 is 1.39 bits per heavy atom. The first kappa shape index (κ1) is 21.5. The third kappa shape index (κ3) is 3.83. The Bertz CT molecular complexity index is 1010. The second-order valence-electron chi connectivity index (χ2n) is 9.99. The number of carboxylic acids is 1. The fourth-order valence-corrected chi connectivity index (χ4v) is 4.95. The van der Waals surface area contributed by atoms with Gasteiger partial charge in [0.25, 0.3) is 6.01 Å². The molecule has 4 rings (SSSR count). The van der Waals surface area contributed by atoms with E-state index in [1.807, 2.05) is 20.8 Å². The highest BCUT2D eigenvalue weighted by molar-refractivity contribution is 5.90. The average Bonchev–Trinajstić information content (AvgIpc) is 3.04. The monoisotopic (exact) mass is 429 g/mol. The molecule has 1 amide bonds. The van der Waals surface area contributed by atoms with E-state index in [4.69, 9.17) is 9.15 Å². The number of ether oxygens (including phenoxy) is 1. The first-order valence-electron chi connectivity index (χ1n) is 10.8. The van der Waals surface area contributed by atoms with Crippen LogP contribution in [0.15, 0.2) is 22.6 Å². The Balaban J connectivity index is 1.60. The van der Waals surface area contributed by atoms with Gasteiger partial charge >= 0.3 is 5.97 Å². The van der Waals surface area contributed by atoms with Gasteiger partial charge in [-0.15, -0.1) is 0 Å². The van der Waals surface area contributed by atoms with Crippen LogP contribution in [0.3, 0.4) is 0 Å². The van der Waals surface area contributed by atoms with Crippen LogP contribution in [0.4, 0.5) is 6.01 Å². The minimum Gasteiger partial charge on any atom is -0.497 e. The summed E-state index contributed by atoms with van der Waals surface area (Å²) in [5.74, 6) is 0.00421. The molecule has 1 spiro atoms. The Morgan fingerprint density at radius 3 is 2.71 bits per heavy atom. The van der Waals surface area contributed by atoms with Crippen molar-refractivity contribution >= 4 is 29.0 Å². The van der Waals surface area contributed by atoms with Crippen LogP contribution in [0.5, 0.6) is 5.75 Å². The van der Waals surface area contributed by atoms with Crippen molar-refractivity contribution in [3.63, 3.8) is 0 Å². The number of aliphatic carboxylic acids is 1. The molecule has 2 heterocycles. The number of rotatable bonds is 6. The summed E-state index contributed by atoms with van der Waals surface area (Å²) >= 11 is 0. The molecule has 4 atom stereocenters. The molecule has 2 aromatic rings. The van der Waals surface area contributed by atoms with Crippen LogP contribution in [0.25, 0.3) is 11.1 Å². The second kappa shape index (κ2) is 7.43.